The van der Waals surface area contributed by atoms with E-state index in [9.17, 15) is 0 Å². The van der Waals surface area contributed by atoms with Crippen LogP contribution in [-0.4, -0.2) is 4.98 Å². The first-order valence-corrected chi connectivity index (χ1v) is 7.49. The molecule has 0 aliphatic heterocycles. The molecule has 0 spiro atoms. The summed E-state index contributed by atoms with van der Waals surface area (Å²) in [6.07, 6.45) is 2.25. The first-order chi connectivity index (χ1) is 9.74. The first kappa shape index (κ1) is 12.9. The molecule has 0 unspecified atom stereocenters. The van der Waals surface area contributed by atoms with E-state index >= 15 is 0 Å². The third kappa shape index (κ3) is 2.75. The Morgan fingerprint density at radius 1 is 1.15 bits per heavy atom. The number of nitrogens with zero attached hydrogens (tertiary/aromatic N) is 1. The van der Waals surface area contributed by atoms with E-state index in [0.717, 1.165) is 34.5 Å². The third-order valence-electron chi connectivity index (χ3n) is 3.06. The van der Waals surface area contributed by atoms with E-state index in [0.29, 0.717) is 5.19 Å². The Morgan fingerprint density at radius 2 is 1.95 bits per heavy atom. The highest BCUT2D eigenvalue weighted by atomic mass is 32.1. The van der Waals surface area contributed by atoms with Crippen molar-refractivity contribution < 1.29 is 4.74 Å². The maximum absolute atomic E-state index is 5.80. The average Bonchev–Trinajstić information content (AvgIpc) is 2.82. The van der Waals surface area contributed by atoms with Crippen LogP contribution in [0.15, 0.2) is 42.5 Å². The number of thiazole rings is 1. The number of hydrogen-bond acceptors (Lipinski definition) is 4. The van der Waals surface area contributed by atoms with Crippen molar-refractivity contribution >= 4 is 27.2 Å². The molecule has 1 aromatic heterocycles. The molecule has 0 radical (unpaired) electrons. The van der Waals surface area contributed by atoms with Gasteiger partial charge in [-0.1, -0.05) is 36.8 Å². The van der Waals surface area contributed by atoms with Crippen molar-refractivity contribution in [3.8, 4) is 10.9 Å². The van der Waals surface area contributed by atoms with Gasteiger partial charge in [-0.2, -0.15) is 0 Å². The van der Waals surface area contributed by atoms with Crippen LogP contribution in [0.2, 0.25) is 0 Å². The zero-order chi connectivity index (χ0) is 13.9. The molecule has 4 heteroatoms. The summed E-state index contributed by atoms with van der Waals surface area (Å²) in [5.41, 5.74) is 8.76. The molecule has 0 aliphatic carbocycles. The molecule has 0 atom stereocenters. The summed E-state index contributed by atoms with van der Waals surface area (Å²) >= 11 is 1.51. The number of rotatable bonds is 4. The van der Waals surface area contributed by atoms with E-state index in [-0.39, 0.29) is 0 Å². The zero-order valence-electron chi connectivity index (χ0n) is 11.3. The number of nitrogens with two attached hydrogens (primary N) is 1. The summed E-state index contributed by atoms with van der Waals surface area (Å²) in [7, 11) is 0. The maximum Gasteiger partial charge on any atom is 0.279 e. The molecule has 0 saturated carbocycles. The van der Waals surface area contributed by atoms with Crippen LogP contribution in [0.5, 0.6) is 10.9 Å². The smallest absolute Gasteiger partial charge is 0.279 e. The predicted octanol–water partition coefficient (Wildman–Crippen LogP) is 4.62. The number of ether oxygens (including phenoxy) is 1. The predicted molar refractivity (Wildman–Crippen MR) is 84.5 cm³/mol. The van der Waals surface area contributed by atoms with Crippen molar-refractivity contribution in [1.29, 1.82) is 0 Å². The van der Waals surface area contributed by atoms with Crippen molar-refractivity contribution in [2.45, 2.75) is 19.8 Å². The minimum Gasteiger partial charge on any atom is -0.431 e. The Morgan fingerprint density at radius 3 is 2.70 bits per heavy atom. The van der Waals surface area contributed by atoms with Gasteiger partial charge in [0, 0.05) is 5.69 Å². The molecule has 0 fully saturated rings. The van der Waals surface area contributed by atoms with Crippen molar-refractivity contribution in [3.05, 3.63) is 48.0 Å². The van der Waals surface area contributed by atoms with Gasteiger partial charge in [-0.25, -0.2) is 4.98 Å². The number of aromatic nitrogens is 1. The SMILES string of the molecule is CCCc1ccc(Oc2nc3ccc(N)cc3s2)cc1. The molecule has 20 heavy (non-hydrogen) atoms. The van der Waals surface area contributed by atoms with Gasteiger partial charge in [-0.05, 0) is 42.3 Å². The second-order valence-electron chi connectivity index (χ2n) is 4.70. The molecule has 2 N–H and O–H groups in total. The van der Waals surface area contributed by atoms with Gasteiger partial charge in [-0.15, -0.1) is 0 Å². The number of fused-ring (bicyclic) bond motifs is 1. The highest BCUT2D eigenvalue weighted by molar-refractivity contribution is 7.20. The second-order valence-corrected chi connectivity index (χ2v) is 5.70. The second kappa shape index (κ2) is 5.51. The molecule has 3 nitrogen and oxygen atoms in total. The van der Waals surface area contributed by atoms with Crippen LogP contribution < -0.4 is 10.5 Å². The zero-order valence-corrected chi connectivity index (χ0v) is 12.1. The monoisotopic (exact) mass is 284 g/mol. The maximum atomic E-state index is 5.80. The van der Waals surface area contributed by atoms with Crippen LogP contribution in [0.4, 0.5) is 5.69 Å². The van der Waals surface area contributed by atoms with E-state index in [4.69, 9.17) is 10.5 Å². The molecule has 0 saturated heterocycles. The molecule has 2 aromatic carbocycles. The lowest BCUT2D eigenvalue weighted by Gasteiger charge is -2.02. The summed E-state index contributed by atoms with van der Waals surface area (Å²) in [6, 6.07) is 13.9. The Bertz CT molecular complexity index is 719. The van der Waals surface area contributed by atoms with Crippen molar-refractivity contribution in [3.63, 3.8) is 0 Å². The minimum absolute atomic E-state index is 0.647. The van der Waals surface area contributed by atoms with Gasteiger partial charge in [0.15, 0.2) is 0 Å². The molecule has 102 valence electrons. The van der Waals surface area contributed by atoms with E-state index in [1.165, 1.54) is 16.9 Å². The van der Waals surface area contributed by atoms with Gasteiger partial charge >= 0.3 is 0 Å². The fraction of sp³-hybridized carbons (Fsp3) is 0.188. The van der Waals surface area contributed by atoms with Gasteiger partial charge < -0.3 is 10.5 Å². The fourth-order valence-corrected chi connectivity index (χ4v) is 2.96. The normalized spacial score (nSPS) is 10.8. The number of benzene rings is 2. The lowest BCUT2D eigenvalue weighted by molar-refractivity contribution is 0.480. The van der Waals surface area contributed by atoms with Crippen molar-refractivity contribution in [2.24, 2.45) is 0 Å². The average molecular weight is 284 g/mol. The van der Waals surface area contributed by atoms with Crippen LogP contribution in [0.25, 0.3) is 10.2 Å². The largest absolute Gasteiger partial charge is 0.431 e. The van der Waals surface area contributed by atoms with Gasteiger partial charge in [0.05, 0.1) is 10.2 Å². The van der Waals surface area contributed by atoms with E-state index in [2.05, 4.69) is 24.0 Å². The number of hydrogen-bond donors (Lipinski definition) is 1. The third-order valence-corrected chi connectivity index (χ3v) is 3.96. The molecule has 3 rings (SSSR count). The summed E-state index contributed by atoms with van der Waals surface area (Å²) in [5, 5.41) is 0.647. The Kier molecular flexibility index (Phi) is 3.56. The standard InChI is InChI=1S/C16H16N2OS/c1-2-3-11-4-7-13(8-5-11)19-16-18-14-9-6-12(17)10-15(14)20-16/h4-10H,2-3,17H2,1H3. The number of nitrogen functional groups attached to an aromatic ring is 1. The van der Waals surface area contributed by atoms with E-state index in [1.54, 1.807) is 0 Å². The van der Waals surface area contributed by atoms with Gasteiger partial charge in [-0.3, -0.25) is 0 Å². The van der Waals surface area contributed by atoms with E-state index in [1.807, 2.05) is 30.3 Å². The summed E-state index contributed by atoms with van der Waals surface area (Å²) < 4.78 is 6.85. The lowest BCUT2D eigenvalue weighted by atomic mass is 10.1. The Hall–Kier alpha value is -2.07. The number of anilines is 1. The molecule has 0 amide bonds. The Balaban J connectivity index is 1.81. The van der Waals surface area contributed by atoms with Crippen LogP contribution in [0.3, 0.4) is 0 Å². The molecule has 1 heterocycles. The first-order valence-electron chi connectivity index (χ1n) is 6.67. The lowest BCUT2D eigenvalue weighted by Crippen LogP contribution is -1.85. The fourth-order valence-electron chi connectivity index (χ4n) is 2.08. The van der Waals surface area contributed by atoms with E-state index < -0.39 is 0 Å². The topological polar surface area (TPSA) is 48.1 Å². The molecule has 0 aliphatic rings. The van der Waals surface area contributed by atoms with Crippen LogP contribution in [0.1, 0.15) is 18.9 Å². The van der Waals surface area contributed by atoms with Crippen LogP contribution in [0, 0.1) is 0 Å². The molecular weight excluding hydrogens is 268 g/mol. The van der Waals surface area contributed by atoms with Gasteiger partial charge in [0.25, 0.3) is 5.19 Å². The minimum atomic E-state index is 0.647. The quantitative estimate of drug-likeness (QED) is 0.711. The summed E-state index contributed by atoms with van der Waals surface area (Å²) in [4.78, 5) is 4.45. The van der Waals surface area contributed by atoms with Crippen LogP contribution in [-0.2, 0) is 6.42 Å². The molecule has 0 bridgehead atoms. The molecule has 3 aromatic rings. The Labute approximate surface area is 122 Å². The van der Waals surface area contributed by atoms with Gasteiger partial charge in [0.1, 0.15) is 5.75 Å². The van der Waals surface area contributed by atoms with Crippen LogP contribution >= 0.6 is 11.3 Å². The van der Waals surface area contributed by atoms with Crippen molar-refractivity contribution in [2.75, 3.05) is 5.73 Å². The molecular formula is C16H16N2OS. The summed E-state index contributed by atoms with van der Waals surface area (Å²) in [6.45, 7) is 2.18. The highest BCUT2D eigenvalue weighted by Gasteiger charge is 2.06. The summed E-state index contributed by atoms with van der Waals surface area (Å²) in [5.74, 6) is 0.817. The number of aryl methyl sites for hydroxylation is 1. The van der Waals surface area contributed by atoms with Gasteiger partial charge in [0.2, 0.25) is 0 Å². The van der Waals surface area contributed by atoms with Crippen molar-refractivity contribution in [1.82, 2.24) is 4.98 Å². The highest BCUT2D eigenvalue weighted by Crippen LogP contribution is 2.32.